The maximum Gasteiger partial charge on any atom is 0.251 e. The number of nitrogens with one attached hydrogen (secondary N) is 2. The Morgan fingerprint density at radius 2 is 1.66 bits per heavy atom. The van der Waals surface area contributed by atoms with E-state index in [4.69, 9.17) is 4.99 Å². The summed E-state index contributed by atoms with van der Waals surface area (Å²) in [5.74, 6) is 0.819. The zero-order valence-electron chi connectivity index (χ0n) is 19.4. The van der Waals surface area contributed by atoms with Crippen molar-refractivity contribution in [3.63, 3.8) is 0 Å². The molecule has 182 valence electrons. The first-order valence-corrected chi connectivity index (χ1v) is 12.0. The summed E-state index contributed by atoms with van der Waals surface area (Å²) < 4.78 is 25.2. The van der Waals surface area contributed by atoms with Crippen LogP contribution in [0.3, 0.4) is 0 Å². The van der Waals surface area contributed by atoms with E-state index in [1.165, 1.54) is 49.9 Å². The van der Waals surface area contributed by atoms with Crippen LogP contribution in [-0.4, -0.2) is 67.5 Å². The molecule has 1 aromatic rings. The third-order valence-electron chi connectivity index (χ3n) is 6.29. The van der Waals surface area contributed by atoms with Gasteiger partial charge in [-0.05, 0) is 56.8 Å². The van der Waals surface area contributed by atoms with Crippen LogP contribution >= 0.6 is 24.0 Å². The molecule has 2 heterocycles. The Morgan fingerprint density at radius 1 is 1.00 bits per heavy atom. The highest BCUT2D eigenvalue weighted by Crippen LogP contribution is 2.17. The summed E-state index contributed by atoms with van der Waals surface area (Å²) in [5.41, 5.74) is 2.64. The average molecular weight is 564 g/mol. The SMILES string of the molecule is CCNC(=NCc1ccccc1CN1CCCCCC1)NC1CCN(CC(F)F)CC1.I. The smallest absolute Gasteiger partial charge is 0.251 e. The first-order chi connectivity index (χ1) is 15.1. The Kier molecular flexibility index (Phi) is 12.8. The minimum Gasteiger partial charge on any atom is -0.357 e. The summed E-state index contributed by atoms with van der Waals surface area (Å²) in [6.07, 6.45) is 4.77. The summed E-state index contributed by atoms with van der Waals surface area (Å²) in [4.78, 5) is 9.29. The lowest BCUT2D eigenvalue weighted by atomic mass is 10.1. The van der Waals surface area contributed by atoms with Gasteiger partial charge in [-0.15, -0.1) is 24.0 Å². The van der Waals surface area contributed by atoms with E-state index in [9.17, 15) is 8.78 Å². The first kappa shape index (κ1) is 27.2. The van der Waals surface area contributed by atoms with E-state index < -0.39 is 6.43 Å². The minimum atomic E-state index is -2.25. The van der Waals surface area contributed by atoms with Gasteiger partial charge in [-0.2, -0.15) is 0 Å². The zero-order valence-corrected chi connectivity index (χ0v) is 21.7. The van der Waals surface area contributed by atoms with Crippen LogP contribution in [-0.2, 0) is 13.1 Å². The van der Waals surface area contributed by atoms with Crippen LogP contribution < -0.4 is 10.6 Å². The first-order valence-electron chi connectivity index (χ1n) is 12.0. The van der Waals surface area contributed by atoms with Gasteiger partial charge in [0, 0.05) is 32.2 Å². The monoisotopic (exact) mass is 563 g/mol. The van der Waals surface area contributed by atoms with Gasteiger partial charge in [0.2, 0.25) is 0 Å². The zero-order chi connectivity index (χ0) is 21.9. The molecule has 3 rings (SSSR count). The molecular weight excluding hydrogens is 523 g/mol. The molecule has 0 bridgehead atoms. The van der Waals surface area contributed by atoms with Gasteiger partial charge in [-0.3, -0.25) is 9.80 Å². The molecule has 0 amide bonds. The predicted molar refractivity (Wildman–Crippen MR) is 139 cm³/mol. The fourth-order valence-electron chi connectivity index (χ4n) is 4.53. The van der Waals surface area contributed by atoms with Gasteiger partial charge in [0.25, 0.3) is 6.43 Å². The largest absolute Gasteiger partial charge is 0.357 e. The van der Waals surface area contributed by atoms with Crippen molar-refractivity contribution in [1.29, 1.82) is 0 Å². The fourth-order valence-corrected chi connectivity index (χ4v) is 4.53. The third-order valence-corrected chi connectivity index (χ3v) is 6.29. The highest BCUT2D eigenvalue weighted by molar-refractivity contribution is 14.0. The van der Waals surface area contributed by atoms with Crippen molar-refractivity contribution < 1.29 is 8.78 Å². The molecule has 0 spiro atoms. The second-order valence-electron chi connectivity index (χ2n) is 8.76. The molecule has 0 radical (unpaired) electrons. The van der Waals surface area contributed by atoms with Crippen molar-refractivity contribution in [3.05, 3.63) is 35.4 Å². The number of aliphatic imine (C=N–C) groups is 1. The van der Waals surface area contributed by atoms with E-state index in [0.29, 0.717) is 19.6 Å². The summed E-state index contributed by atoms with van der Waals surface area (Å²) in [5, 5.41) is 6.87. The summed E-state index contributed by atoms with van der Waals surface area (Å²) in [6, 6.07) is 8.91. The van der Waals surface area contributed by atoms with E-state index >= 15 is 0 Å². The molecule has 2 aliphatic rings. The molecule has 1 aromatic carbocycles. The lowest BCUT2D eigenvalue weighted by Gasteiger charge is -2.32. The number of hydrogen-bond donors (Lipinski definition) is 2. The Bertz CT molecular complexity index is 672. The van der Waals surface area contributed by atoms with Crippen LogP contribution in [0.2, 0.25) is 0 Å². The van der Waals surface area contributed by atoms with Crippen molar-refractivity contribution in [1.82, 2.24) is 20.4 Å². The van der Waals surface area contributed by atoms with E-state index in [1.807, 2.05) is 4.90 Å². The fraction of sp³-hybridized carbons (Fsp3) is 0.708. The van der Waals surface area contributed by atoms with Gasteiger partial charge < -0.3 is 10.6 Å². The van der Waals surface area contributed by atoms with Gasteiger partial charge in [0.05, 0.1) is 13.1 Å². The molecule has 2 fully saturated rings. The standard InChI is InChI=1S/C24H39F2N5.HI/c1-2-27-24(29-22-11-15-31(16-12-22)19-23(25)26)28-17-20-9-5-6-10-21(20)18-30-13-7-3-4-8-14-30;/h5-6,9-10,22-23H,2-4,7-8,11-19H2,1H3,(H2,27,28,29);1H. The van der Waals surface area contributed by atoms with Crippen LogP contribution in [0.4, 0.5) is 8.78 Å². The van der Waals surface area contributed by atoms with Gasteiger partial charge >= 0.3 is 0 Å². The topological polar surface area (TPSA) is 42.9 Å². The van der Waals surface area contributed by atoms with Crippen LogP contribution in [0, 0.1) is 0 Å². The molecule has 2 N–H and O–H groups in total. The van der Waals surface area contributed by atoms with Gasteiger partial charge in [0.15, 0.2) is 5.96 Å². The number of halogens is 3. The molecule has 0 aromatic heterocycles. The van der Waals surface area contributed by atoms with Gasteiger partial charge in [-0.25, -0.2) is 13.8 Å². The average Bonchev–Trinajstić information content (AvgIpc) is 3.03. The molecule has 32 heavy (non-hydrogen) atoms. The maximum absolute atomic E-state index is 12.6. The number of alkyl halides is 2. The predicted octanol–water partition coefficient (Wildman–Crippen LogP) is 4.47. The Hall–Kier alpha value is -1.00. The second kappa shape index (κ2) is 15.0. The summed E-state index contributed by atoms with van der Waals surface area (Å²) in [7, 11) is 0. The molecule has 0 unspecified atom stereocenters. The quantitative estimate of drug-likeness (QED) is 0.279. The van der Waals surface area contributed by atoms with Crippen molar-refractivity contribution in [3.8, 4) is 0 Å². The van der Waals surface area contributed by atoms with Crippen LogP contribution in [0.15, 0.2) is 29.3 Å². The lowest BCUT2D eigenvalue weighted by Crippen LogP contribution is -2.49. The Morgan fingerprint density at radius 3 is 2.28 bits per heavy atom. The summed E-state index contributed by atoms with van der Waals surface area (Å²) >= 11 is 0. The number of nitrogens with zero attached hydrogens (tertiary/aromatic N) is 3. The molecule has 5 nitrogen and oxygen atoms in total. The number of benzene rings is 1. The Labute approximate surface area is 209 Å². The molecule has 2 saturated heterocycles. The normalized spacial score (nSPS) is 19.4. The van der Waals surface area contributed by atoms with E-state index in [0.717, 1.165) is 31.9 Å². The maximum atomic E-state index is 12.6. The number of hydrogen-bond acceptors (Lipinski definition) is 3. The van der Waals surface area contributed by atoms with Crippen molar-refractivity contribution in [2.75, 3.05) is 39.3 Å². The highest BCUT2D eigenvalue weighted by atomic mass is 127. The Balaban J connectivity index is 0.00000363. The van der Waals surface area contributed by atoms with E-state index in [2.05, 4.69) is 46.7 Å². The van der Waals surface area contributed by atoms with Crippen LogP contribution in [0.5, 0.6) is 0 Å². The second-order valence-corrected chi connectivity index (χ2v) is 8.76. The van der Waals surface area contributed by atoms with E-state index in [-0.39, 0.29) is 36.6 Å². The van der Waals surface area contributed by atoms with Gasteiger partial charge in [0.1, 0.15) is 0 Å². The van der Waals surface area contributed by atoms with E-state index in [1.54, 1.807) is 0 Å². The number of rotatable bonds is 8. The van der Waals surface area contributed by atoms with Crippen LogP contribution in [0.25, 0.3) is 0 Å². The molecule has 0 atom stereocenters. The highest BCUT2D eigenvalue weighted by Gasteiger charge is 2.22. The molecule has 2 aliphatic heterocycles. The molecule has 0 saturated carbocycles. The number of likely N-dealkylation sites (tertiary alicyclic amines) is 2. The summed E-state index contributed by atoms with van der Waals surface area (Å²) in [6.45, 7) is 8.18. The van der Waals surface area contributed by atoms with Gasteiger partial charge in [-0.1, -0.05) is 37.1 Å². The minimum absolute atomic E-state index is 0. The van der Waals surface area contributed by atoms with Crippen LogP contribution in [0.1, 0.15) is 56.6 Å². The molecule has 8 heteroatoms. The third kappa shape index (κ3) is 9.47. The lowest BCUT2D eigenvalue weighted by molar-refractivity contribution is 0.0744. The van der Waals surface area contributed by atoms with Crippen molar-refractivity contribution in [2.24, 2.45) is 4.99 Å². The number of piperidine rings is 1. The van der Waals surface area contributed by atoms with Crippen molar-refractivity contribution in [2.45, 2.75) is 71.0 Å². The molecule has 0 aliphatic carbocycles. The molecular formula is C24H40F2IN5. The number of guanidine groups is 1. The van der Waals surface area contributed by atoms with Crippen molar-refractivity contribution >= 4 is 29.9 Å².